The molecule has 11 heteroatoms. The van der Waals surface area contributed by atoms with Gasteiger partial charge in [0.05, 0.1) is 18.4 Å². The van der Waals surface area contributed by atoms with E-state index in [1.807, 2.05) is 0 Å². The summed E-state index contributed by atoms with van der Waals surface area (Å²) in [5.74, 6) is -0.261. The van der Waals surface area contributed by atoms with Crippen LogP contribution in [0.25, 0.3) is 0 Å². The zero-order valence-corrected chi connectivity index (χ0v) is 18.0. The Morgan fingerprint density at radius 2 is 1.60 bits per heavy atom. The van der Waals surface area contributed by atoms with Gasteiger partial charge in [0.2, 0.25) is 0 Å². The summed E-state index contributed by atoms with van der Waals surface area (Å²) in [6.45, 7) is 0. The van der Waals surface area contributed by atoms with Crippen molar-refractivity contribution in [1.82, 2.24) is 15.0 Å². The van der Waals surface area contributed by atoms with E-state index < -0.39 is 17.6 Å². The lowest BCUT2D eigenvalue weighted by molar-refractivity contribution is 0.0224. The number of benzene rings is 3. The minimum Gasteiger partial charge on any atom is -0.508 e. The highest BCUT2D eigenvalue weighted by Gasteiger charge is 2.54. The smallest absolute Gasteiger partial charge is 0.342 e. The Balaban J connectivity index is 1.64. The molecule has 35 heavy (non-hydrogen) atoms. The molecule has 0 radical (unpaired) electrons. The van der Waals surface area contributed by atoms with Gasteiger partial charge in [0.25, 0.3) is 5.95 Å². The van der Waals surface area contributed by atoms with E-state index >= 15 is 0 Å². The number of hydrogen-bond acceptors (Lipinski definition) is 11. The molecule has 0 saturated heterocycles. The van der Waals surface area contributed by atoms with Crippen LogP contribution in [-0.4, -0.2) is 43.4 Å². The first-order valence-corrected chi connectivity index (χ1v) is 10.4. The van der Waals surface area contributed by atoms with Crippen molar-refractivity contribution in [2.75, 3.05) is 12.2 Å². The molecule has 3 aromatic carbocycles. The zero-order valence-electron chi connectivity index (χ0n) is 18.0. The van der Waals surface area contributed by atoms with Gasteiger partial charge in [-0.3, -0.25) is 4.84 Å². The van der Waals surface area contributed by atoms with Gasteiger partial charge in [-0.2, -0.15) is 20.0 Å². The summed E-state index contributed by atoms with van der Waals surface area (Å²) in [7, 11) is 1.36. The van der Waals surface area contributed by atoms with Crippen LogP contribution in [0.2, 0.25) is 0 Å². The lowest BCUT2D eigenvalue weighted by Crippen LogP contribution is -2.32. The number of phenolic OH excluding ortho intramolecular Hbond substituents is 2. The van der Waals surface area contributed by atoms with E-state index in [4.69, 9.17) is 14.3 Å². The first-order valence-electron chi connectivity index (χ1n) is 10.4. The fraction of sp³-hybridized carbons (Fsp3) is 0.0833. The molecule has 0 amide bonds. The first-order chi connectivity index (χ1) is 16.9. The number of ether oxygens (including phenoxy) is 2. The lowest BCUT2D eigenvalue weighted by atomic mass is 9.77. The number of nitrogens with zero attached hydrogens (tertiary/aromatic N) is 4. The number of rotatable bonds is 3. The van der Waals surface area contributed by atoms with E-state index in [1.165, 1.54) is 36.4 Å². The van der Waals surface area contributed by atoms with Crippen LogP contribution in [0.1, 0.15) is 27.0 Å². The van der Waals surface area contributed by atoms with Crippen molar-refractivity contribution >= 4 is 17.6 Å². The predicted molar refractivity (Wildman–Crippen MR) is 119 cm³/mol. The number of aromatic nitrogens is 3. The Labute approximate surface area is 197 Å². The van der Waals surface area contributed by atoms with Gasteiger partial charge in [0.15, 0.2) is 5.60 Å². The summed E-state index contributed by atoms with van der Waals surface area (Å²) < 4.78 is 12.1. The number of hydrogen-bond donors (Lipinski definition) is 3. The average Bonchev–Trinajstić information content (AvgIpc) is 3.13. The van der Waals surface area contributed by atoms with E-state index in [0.717, 1.165) is 6.33 Å². The Morgan fingerprint density at radius 3 is 2.23 bits per heavy atom. The monoisotopic (exact) mass is 472 g/mol. The molecule has 2 aliphatic rings. The third-order valence-corrected chi connectivity index (χ3v) is 5.91. The van der Waals surface area contributed by atoms with E-state index in [1.54, 1.807) is 30.3 Å². The van der Waals surface area contributed by atoms with Gasteiger partial charge in [0.1, 0.15) is 29.3 Å². The maximum Gasteiger partial charge on any atom is 0.342 e. The number of carbonyl (C=O) groups is 1. The van der Waals surface area contributed by atoms with Crippen molar-refractivity contribution in [3.8, 4) is 29.0 Å². The second kappa shape index (κ2) is 7.30. The van der Waals surface area contributed by atoms with Gasteiger partial charge < -0.3 is 24.8 Å². The van der Waals surface area contributed by atoms with E-state index in [-0.39, 0.29) is 40.2 Å². The maximum absolute atomic E-state index is 13.5. The molecule has 3 N–H and O–H groups in total. The summed E-state index contributed by atoms with van der Waals surface area (Å²) >= 11 is 0. The molecule has 0 saturated carbocycles. The van der Waals surface area contributed by atoms with Crippen LogP contribution in [0, 0.1) is 0 Å². The van der Waals surface area contributed by atoms with Crippen molar-refractivity contribution in [2.24, 2.45) is 0 Å². The molecule has 0 bridgehead atoms. The van der Waals surface area contributed by atoms with Gasteiger partial charge in [-0.05, 0) is 30.3 Å². The van der Waals surface area contributed by atoms with Gasteiger partial charge in [-0.25, -0.2) is 4.79 Å². The van der Waals surface area contributed by atoms with Crippen molar-refractivity contribution in [2.45, 2.75) is 5.60 Å². The molecular weight excluding hydrogens is 456 g/mol. The number of phenols is 2. The largest absolute Gasteiger partial charge is 0.508 e. The maximum atomic E-state index is 13.5. The van der Waals surface area contributed by atoms with Crippen LogP contribution in [0.4, 0.5) is 11.6 Å². The molecule has 2 aliphatic heterocycles. The average molecular weight is 472 g/mol. The summed E-state index contributed by atoms with van der Waals surface area (Å²) in [6, 6.07) is 13.6. The predicted octanol–water partition coefficient (Wildman–Crippen LogP) is 3.26. The SMILES string of the molecule is CON(c1ncnc(O)n1)c1cccc2c1C(=O)OC21c2ccc(O)cc2Oc2cc(O)ccc21. The fourth-order valence-electron chi connectivity index (χ4n) is 4.56. The van der Waals surface area contributed by atoms with Gasteiger partial charge in [-0.1, -0.05) is 12.1 Å². The summed E-state index contributed by atoms with van der Waals surface area (Å²) in [5, 5.41) is 31.0. The first kappa shape index (κ1) is 20.7. The lowest BCUT2D eigenvalue weighted by Gasteiger charge is -2.36. The quantitative estimate of drug-likeness (QED) is 0.298. The molecule has 0 aliphatic carbocycles. The molecule has 3 heterocycles. The topological polar surface area (TPSA) is 147 Å². The molecule has 174 valence electrons. The molecule has 11 nitrogen and oxygen atoms in total. The number of fused-ring (bicyclic) bond motifs is 6. The van der Waals surface area contributed by atoms with Crippen molar-refractivity contribution in [3.05, 3.63) is 83.2 Å². The number of esters is 1. The minimum atomic E-state index is -1.44. The van der Waals surface area contributed by atoms with E-state index in [0.29, 0.717) is 16.7 Å². The van der Waals surface area contributed by atoms with Crippen LogP contribution < -0.4 is 9.80 Å². The third kappa shape index (κ3) is 2.88. The highest BCUT2D eigenvalue weighted by Crippen LogP contribution is 2.58. The Kier molecular flexibility index (Phi) is 4.32. The van der Waals surface area contributed by atoms with E-state index in [2.05, 4.69) is 15.0 Å². The standard InChI is InChI=1S/C24H16N4O7/c1-33-28(22-25-11-26-23(32)27-22)17-4-2-3-16-20(17)21(31)35-24(16)14-7-5-12(29)9-18(14)34-19-10-13(30)6-8-15(19)24/h2-11,29-30H,1H3,(H,25,26,27,32). The highest BCUT2D eigenvalue weighted by atomic mass is 16.7. The molecule has 0 unspecified atom stereocenters. The Bertz CT molecular complexity index is 1470. The van der Waals surface area contributed by atoms with Crippen LogP contribution in [-0.2, 0) is 15.2 Å². The second-order valence-corrected chi connectivity index (χ2v) is 7.80. The van der Waals surface area contributed by atoms with Gasteiger partial charge in [0, 0.05) is 28.8 Å². The highest BCUT2D eigenvalue weighted by molar-refractivity contribution is 6.02. The van der Waals surface area contributed by atoms with Crippen molar-refractivity contribution in [1.29, 1.82) is 0 Å². The van der Waals surface area contributed by atoms with Crippen LogP contribution in [0.5, 0.6) is 29.0 Å². The fourth-order valence-corrected chi connectivity index (χ4v) is 4.56. The number of anilines is 2. The molecular formula is C24H16N4O7. The van der Waals surface area contributed by atoms with Crippen LogP contribution >= 0.6 is 0 Å². The molecule has 4 aromatic rings. The molecule has 0 atom stereocenters. The zero-order chi connectivity index (χ0) is 24.3. The molecule has 6 rings (SSSR count). The summed E-state index contributed by atoms with van der Waals surface area (Å²) in [6.07, 6.45) is 1.11. The third-order valence-electron chi connectivity index (χ3n) is 5.91. The van der Waals surface area contributed by atoms with Crippen LogP contribution in [0.15, 0.2) is 60.9 Å². The van der Waals surface area contributed by atoms with Gasteiger partial charge >= 0.3 is 12.0 Å². The van der Waals surface area contributed by atoms with Crippen molar-refractivity contribution in [3.63, 3.8) is 0 Å². The molecule has 0 fully saturated rings. The van der Waals surface area contributed by atoms with E-state index in [9.17, 15) is 20.1 Å². The summed E-state index contributed by atoms with van der Waals surface area (Å²) in [4.78, 5) is 30.4. The normalized spacial score (nSPS) is 14.5. The summed E-state index contributed by atoms with van der Waals surface area (Å²) in [5.41, 5.74) is 0.452. The molecule has 1 aromatic heterocycles. The number of aromatic hydroxyl groups is 3. The molecule has 1 spiro atoms. The second-order valence-electron chi connectivity index (χ2n) is 7.80. The van der Waals surface area contributed by atoms with Crippen LogP contribution in [0.3, 0.4) is 0 Å². The number of carbonyl (C=O) groups excluding carboxylic acids is 1. The van der Waals surface area contributed by atoms with Crippen molar-refractivity contribution < 1.29 is 34.4 Å². The Hall–Kier alpha value is -4.90. The minimum absolute atomic E-state index is 0.0407. The Morgan fingerprint density at radius 1 is 0.914 bits per heavy atom. The van der Waals surface area contributed by atoms with Gasteiger partial charge in [-0.15, -0.1) is 0 Å².